The Labute approximate surface area is 183 Å². The smallest absolute Gasteiger partial charge is 0.255 e. The normalized spacial score (nSPS) is 18.6. The summed E-state index contributed by atoms with van der Waals surface area (Å²) in [5.41, 5.74) is 8.93. The first-order chi connectivity index (χ1) is 13.0. The van der Waals surface area contributed by atoms with E-state index in [9.17, 15) is 4.79 Å². The highest BCUT2D eigenvalue weighted by atomic mass is 35.5. The number of nitrogens with zero attached hydrogens (tertiary/aromatic N) is 4. The predicted octanol–water partition coefficient (Wildman–Crippen LogP) is 3.50. The number of amides is 1. The summed E-state index contributed by atoms with van der Waals surface area (Å²) in [6, 6.07) is 12.0. The molecule has 29 heavy (non-hydrogen) atoms. The lowest BCUT2D eigenvalue weighted by atomic mass is 9.95. The fourth-order valence-corrected chi connectivity index (χ4v) is 3.80. The topological polar surface area (TPSA) is 77.0 Å². The van der Waals surface area contributed by atoms with Crippen LogP contribution in [0, 0.1) is 5.92 Å². The molecule has 0 aliphatic carbocycles. The van der Waals surface area contributed by atoms with Crippen molar-refractivity contribution in [2.45, 2.75) is 32.4 Å². The number of carbonyl (C=O) groups excluding carboxylic acids is 1. The molecule has 0 unspecified atom stereocenters. The minimum absolute atomic E-state index is 0. The van der Waals surface area contributed by atoms with Gasteiger partial charge < -0.3 is 10.6 Å². The van der Waals surface area contributed by atoms with Gasteiger partial charge in [0, 0.05) is 43.2 Å². The van der Waals surface area contributed by atoms with Crippen LogP contribution in [0.15, 0.2) is 48.8 Å². The number of carbonyl (C=O) groups is 1. The van der Waals surface area contributed by atoms with Crippen molar-refractivity contribution in [2.75, 3.05) is 13.1 Å². The van der Waals surface area contributed by atoms with Crippen molar-refractivity contribution < 1.29 is 4.79 Å². The number of nitrogens with two attached hydrogens (primary N) is 1. The number of fused-ring (bicyclic) bond motifs is 1. The summed E-state index contributed by atoms with van der Waals surface area (Å²) in [5, 5.41) is 5.30. The molecular formula is C21H27Cl2N5O. The maximum atomic E-state index is 13.0. The monoisotopic (exact) mass is 435 g/mol. The van der Waals surface area contributed by atoms with Crippen molar-refractivity contribution in [1.82, 2.24) is 19.7 Å². The van der Waals surface area contributed by atoms with Crippen LogP contribution in [0.3, 0.4) is 0 Å². The zero-order chi connectivity index (χ0) is 19.0. The fourth-order valence-electron chi connectivity index (χ4n) is 3.80. The molecular weight excluding hydrogens is 409 g/mol. The fraction of sp³-hybridized carbons (Fsp3) is 0.381. The summed E-state index contributed by atoms with van der Waals surface area (Å²) in [7, 11) is 0. The van der Waals surface area contributed by atoms with Gasteiger partial charge >= 0.3 is 0 Å². The number of aromatic nitrogens is 3. The molecule has 156 valence electrons. The Kier molecular flexibility index (Phi) is 7.63. The number of pyridine rings is 1. The summed E-state index contributed by atoms with van der Waals surface area (Å²) in [6.45, 7) is 6.29. The zero-order valence-corrected chi connectivity index (χ0v) is 18.2. The van der Waals surface area contributed by atoms with Gasteiger partial charge in [0.15, 0.2) is 5.65 Å². The van der Waals surface area contributed by atoms with Gasteiger partial charge in [0.1, 0.15) is 0 Å². The van der Waals surface area contributed by atoms with Gasteiger partial charge in [0.2, 0.25) is 0 Å². The zero-order valence-electron chi connectivity index (χ0n) is 16.6. The quantitative estimate of drug-likeness (QED) is 0.679. The molecule has 3 aromatic rings. The summed E-state index contributed by atoms with van der Waals surface area (Å²) in [5.74, 6) is 0.632. The number of rotatable bonds is 4. The average molecular weight is 436 g/mol. The van der Waals surface area contributed by atoms with Crippen molar-refractivity contribution in [1.29, 1.82) is 0 Å². The minimum Gasteiger partial charge on any atom is -0.336 e. The SMILES string of the molecule is CC(C)Cn1ncc2cc(C(=O)N3C[C@@H](N)[C@H](c4ccccc4)C3)cnc21.Cl.Cl. The maximum absolute atomic E-state index is 13.0. The second kappa shape index (κ2) is 9.57. The van der Waals surface area contributed by atoms with E-state index in [-0.39, 0.29) is 42.7 Å². The van der Waals surface area contributed by atoms with Crippen LogP contribution in [0.1, 0.15) is 35.7 Å². The molecule has 1 aliphatic rings. The van der Waals surface area contributed by atoms with E-state index in [4.69, 9.17) is 5.73 Å². The van der Waals surface area contributed by atoms with E-state index in [0.29, 0.717) is 24.6 Å². The molecule has 1 amide bonds. The van der Waals surface area contributed by atoms with Gasteiger partial charge in [-0.2, -0.15) is 5.10 Å². The standard InChI is InChI=1S/C21H25N5O.2ClH/c1-14(2)11-26-20-16(10-24-26)8-17(9-23-20)21(27)25-12-18(19(22)13-25)15-6-4-3-5-7-15;;/h3-10,14,18-19H,11-13,22H2,1-2H3;2*1H/t18-,19+;;/m0../s1. The van der Waals surface area contributed by atoms with Gasteiger partial charge in [-0.3, -0.25) is 4.79 Å². The highest BCUT2D eigenvalue weighted by Crippen LogP contribution is 2.27. The molecule has 1 fully saturated rings. The molecule has 2 aromatic heterocycles. The third-order valence-corrected chi connectivity index (χ3v) is 5.14. The Hall–Kier alpha value is -2.15. The third kappa shape index (κ3) is 4.71. The van der Waals surface area contributed by atoms with Crippen LogP contribution < -0.4 is 5.73 Å². The van der Waals surface area contributed by atoms with Crippen molar-refractivity contribution >= 4 is 41.8 Å². The summed E-state index contributed by atoms with van der Waals surface area (Å²) < 4.78 is 1.89. The Bertz CT molecular complexity index is 960. The number of hydrogen-bond donors (Lipinski definition) is 1. The van der Waals surface area contributed by atoms with E-state index in [0.717, 1.165) is 17.6 Å². The molecule has 1 aromatic carbocycles. The molecule has 0 saturated carbocycles. The average Bonchev–Trinajstić information content (AvgIpc) is 3.25. The largest absolute Gasteiger partial charge is 0.336 e. The molecule has 8 heteroatoms. The van der Waals surface area contributed by atoms with E-state index >= 15 is 0 Å². The lowest BCUT2D eigenvalue weighted by Gasteiger charge is -2.16. The third-order valence-electron chi connectivity index (χ3n) is 5.14. The molecule has 0 spiro atoms. The molecule has 1 aliphatic heterocycles. The van der Waals surface area contributed by atoms with E-state index in [1.165, 1.54) is 5.56 Å². The Morgan fingerprint density at radius 1 is 1.17 bits per heavy atom. The van der Waals surface area contributed by atoms with E-state index in [2.05, 4.69) is 36.1 Å². The Morgan fingerprint density at radius 2 is 1.90 bits per heavy atom. The van der Waals surface area contributed by atoms with E-state index in [1.54, 1.807) is 12.4 Å². The van der Waals surface area contributed by atoms with Crippen molar-refractivity contribution in [3.8, 4) is 0 Å². The summed E-state index contributed by atoms with van der Waals surface area (Å²) >= 11 is 0. The molecule has 2 atom stereocenters. The lowest BCUT2D eigenvalue weighted by molar-refractivity contribution is 0.0789. The Morgan fingerprint density at radius 3 is 2.59 bits per heavy atom. The van der Waals surface area contributed by atoms with Crippen LogP contribution in [-0.2, 0) is 6.54 Å². The maximum Gasteiger partial charge on any atom is 0.255 e. The molecule has 3 heterocycles. The van der Waals surface area contributed by atoms with Crippen molar-refractivity contribution in [3.05, 3.63) is 59.9 Å². The minimum atomic E-state index is -0.0539. The summed E-state index contributed by atoms with van der Waals surface area (Å²) in [6.07, 6.45) is 3.44. The predicted molar refractivity (Wildman–Crippen MR) is 120 cm³/mol. The molecule has 2 N–H and O–H groups in total. The highest BCUT2D eigenvalue weighted by molar-refractivity contribution is 5.97. The molecule has 0 bridgehead atoms. The van der Waals surface area contributed by atoms with Crippen LogP contribution >= 0.6 is 24.8 Å². The van der Waals surface area contributed by atoms with E-state index in [1.807, 2.05) is 33.8 Å². The summed E-state index contributed by atoms with van der Waals surface area (Å²) in [4.78, 5) is 19.3. The first-order valence-corrected chi connectivity index (χ1v) is 9.44. The number of likely N-dealkylation sites (tertiary alicyclic amines) is 1. The highest BCUT2D eigenvalue weighted by Gasteiger charge is 2.34. The van der Waals surface area contributed by atoms with Gasteiger partial charge in [-0.1, -0.05) is 44.2 Å². The number of benzene rings is 1. The molecule has 1 saturated heterocycles. The lowest BCUT2D eigenvalue weighted by Crippen LogP contribution is -2.32. The van der Waals surface area contributed by atoms with Crippen molar-refractivity contribution in [2.24, 2.45) is 11.7 Å². The molecule has 4 rings (SSSR count). The second-order valence-electron chi connectivity index (χ2n) is 7.75. The van der Waals surface area contributed by atoms with Crippen LogP contribution in [0.4, 0.5) is 0 Å². The molecule has 0 radical (unpaired) electrons. The number of halogens is 2. The van der Waals surface area contributed by atoms with Crippen LogP contribution in [0.25, 0.3) is 11.0 Å². The van der Waals surface area contributed by atoms with Gasteiger partial charge in [-0.15, -0.1) is 24.8 Å². The van der Waals surface area contributed by atoms with Gasteiger partial charge in [0.05, 0.1) is 11.8 Å². The van der Waals surface area contributed by atoms with Crippen molar-refractivity contribution in [3.63, 3.8) is 0 Å². The van der Waals surface area contributed by atoms with E-state index < -0.39 is 0 Å². The molecule has 6 nitrogen and oxygen atoms in total. The van der Waals surface area contributed by atoms with Gasteiger partial charge in [-0.05, 0) is 17.5 Å². The first kappa shape index (κ1) is 23.1. The van der Waals surface area contributed by atoms with Gasteiger partial charge in [-0.25, -0.2) is 9.67 Å². The second-order valence-corrected chi connectivity index (χ2v) is 7.75. The van der Waals surface area contributed by atoms with Crippen LogP contribution in [0.5, 0.6) is 0 Å². The van der Waals surface area contributed by atoms with Crippen LogP contribution in [0.2, 0.25) is 0 Å². The number of hydrogen-bond acceptors (Lipinski definition) is 4. The van der Waals surface area contributed by atoms with Crippen LogP contribution in [-0.4, -0.2) is 44.7 Å². The first-order valence-electron chi connectivity index (χ1n) is 9.44. The Balaban J connectivity index is 0.00000150. The van der Waals surface area contributed by atoms with Gasteiger partial charge in [0.25, 0.3) is 5.91 Å².